The Kier molecular flexibility index (Phi) is 6.61. The number of aryl methyl sites for hydroxylation is 1. The van der Waals surface area contributed by atoms with Crippen molar-refractivity contribution in [2.24, 2.45) is 0 Å². The SMILES string of the molecule is CCc1ccc(S(=O)(=O)NCCN(C)C)cc1CNC. The van der Waals surface area contributed by atoms with Crippen LogP contribution in [0.4, 0.5) is 0 Å². The van der Waals surface area contributed by atoms with E-state index >= 15 is 0 Å². The van der Waals surface area contributed by atoms with Gasteiger partial charge in [0, 0.05) is 19.6 Å². The molecule has 0 unspecified atom stereocenters. The number of rotatable bonds is 8. The highest BCUT2D eigenvalue weighted by Gasteiger charge is 2.15. The third-order valence-corrected chi connectivity index (χ3v) is 4.55. The molecule has 0 saturated heterocycles. The van der Waals surface area contributed by atoms with Gasteiger partial charge in [-0.15, -0.1) is 0 Å². The molecular formula is C14H25N3O2S. The summed E-state index contributed by atoms with van der Waals surface area (Å²) in [7, 11) is 2.26. The zero-order valence-electron chi connectivity index (χ0n) is 12.7. The maximum atomic E-state index is 12.2. The molecule has 0 aromatic heterocycles. The monoisotopic (exact) mass is 299 g/mol. The quantitative estimate of drug-likeness (QED) is 0.746. The second kappa shape index (κ2) is 7.73. The summed E-state index contributed by atoms with van der Waals surface area (Å²) in [6.07, 6.45) is 0.894. The normalized spacial score (nSPS) is 12.1. The highest BCUT2D eigenvalue weighted by molar-refractivity contribution is 7.89. The molecule has 0 amide bonds. The fourth-order valence-electron chi connectivity index (χ4n) is 1.96. The highest BCUT2D eigenvalue weighted by Crippen LogP contribution is 2.16. The summed E-state index contributed by atoms with van der Waals surface area (Å²) in [6, 6.07) is 5.33. The first kappa shape index (κ1) is 17.1. The van der Waals surface area contributed by atoms with Crippen molar-refractivity contribution < 1.29 is 8.42 Å². The van der Waals surface area contributed by atoms with Crippen LogP contribution < -0.4 is 10.0 Å². The molecular weight excluding hydrogens is 274 g/mol. The topological polar surface area (TPSA) is 61.4 Å². The largest absolute Gasteiger partial charge is 0.316 e. The Balaban J connectivity index is 2.91. The van der Waals surface area contributed by atoms with Gasteiger partial charge >= 0.3 is 0 Å². The maximum absolute atomic E-state index is 12.2. The molecule has 6 heteroatoms. The second-order valence-electron chi connectivity index (χ2n) is 5.02. The zero-order chi connectivity index (χ0) is 15.2. The summed E-state index contributed by atoms with van der Waals surface area (Å²) < 4.78 is 27.1. The summed E-state index contributed by atoms with van der Waals surface area (Å²) >= 11 is 0. The summed E-state index contributed by atoms with van der Waals surface area (Å²) in [5, 5.41) is 3.07. The van der Waals surface area contributed by atoms with Crippen LogP contribution in [0.15, 0.2) is 23.1 Å². The van der Waals surface area contributed by atoms with Crippen molar-refractivity contribution in [3.8, 4) is 0 Å². The van der Waals surface area contributed by atoms with Crippen molar-refractivity contribution in [1.82, 2.24) is 14.9 Å². The lowest BCUT2D eigenvalue weighted by atomic mass is 10.1. The van der Waals surface area contributed by atoms with Crippen LogP contribution in [0, 0.1) is 0 Å². The van der Waals surface area contributed by atoms with Crippen LogP contribution in [-0.4, -0.2) is 47.6 Å². The molecule has 1 rings (SSSR count). The average Bonchev–Trinajstić information content (AvgIpc) is 2.38. The molecule has 0 aliphatic heterocycles. The summed E-state index contributed by atoms with van der Waals surface area (Å²) in [5.74, 6) is 0. The molecule has 0 radical (unpaired) electrons. The molecule has 114 valence electrons. The molecule has 0 aliphatic carbocycles. The van der Waals surface area contributed by atoms with Gasteiger partial charge in [-0.1, -0.05) is 13.0 Å². The van der Waals surface area contributed by atoms with E-state index in [2.05, 4.69) is 17.0 Å². The average molecular weight is 299 g/mol. The first-order valence-electron chi connectivity index (χ1n) is 6.81. The third-order valence-electron chi connectivity index (χ3n) is 3.09. The summed E-state index contributed by atoms with van der Waals surface area (Å²) in [5.41, 5.74) is 2.21. The Hall–Kier alpha value is -0.950. The van der Waals surface area contributed by atoms with E-state index in [1.165, 1.54) is 5.56 Å². The Morgan fingerprint density at radius 3 is 2.45 bits per heavy atom. The lowest BCUT2D eigenvalue weighted by Gasteiger charge is -2.13. The first-order chi connectivity index (χ1) is 9.40. The standard InChI is InChI=1S/C14H25N3O2S/c1-5-12-6-7-14(10-13(12)11-15-2)20(18,19)16-8-9-17(3)4/h6-7,10,15-16H,5,8-9,11H2,1-4H3. The van der Waals surface area contributed by atoms with Crippen molar-refractivity contribution >= 4 is 10.0 Å². The lowest BCUT2D eigenvalue weighted by molar-refractivity contribution is 0.412. The van der Waals surface area contributed by atoms with Gasteiger partial charge in [-0.05, 0) is 50.8 Å². The van der Waals surface area contributed by atoms with E-state index in [1.807, 2.05) is 32.1 Å². The number of benzene rings is 1. The van der Waals surface area contributed by atoms with Crippen molar-refractivity contribution in [3.63, 3.8) is 0 Å². The van der Waals surface area contributed by atoms with Gasteiger partial charge in [0.1, 0.15) is 0 Å². The van der Waals surface area contributed by atoms with E-state index in [9.17, 15) is 8.42 Å². The number of hydrogen-bond acceptors (Lipinski definition) is 4. The van der Waals surface area contributed by atoms with Gasteiger partial charge in [-0.3, -0.25) is 0 Å². The molecule has 0 atom stereocenters. The molecule has 0 spiro atoms. The minimum atomic E-state index is -3.43. The van der Waals surface area contributed by atoms with Gasteiger partial charge in [0.15, 0.2) is 0 Å². The lowest BCUT2D eigenvalue weighted by Crippen LogP contribution is -2.31. The van der Waals surface area contributed by atoms with Gasteiger partial charge in [-0.2, -0.15) is 0 Å². The Morgan fingerprint density at radius 1 is 1.20 bits per heavy atom. The molecule has 0 heterocycles. The number of nitrogens with one attached hydrogen (secondary N) is 2. The van der Waals surface area contributed by atoms with Gasteiger partial charge in [0.25, 0.3) is 0 Å². The molecule has 0 bridgehead atoms. The highest BCUT2D eigenvalue weighted by atomic mass is 32.2. The first-order valence-corrected chi connectivity index (χ1v) is 8.29. The van der Waals surface area contributed by atoms with E-state index in [0.717, 1.165) is 12.0 Å². The third kappa shape index (κ3) is 4.86. The second-order valence-corrected chi connectivity index (χ2v) is 6.78. The molecule has 2 N–H and O–H groups in total. The predicted octanol–water partition coefficient (Wildman–Crippen LogP) is 0.808. The van der Waals surface area contributed by atoms with Gasteiger partial charge in [0.05, 0.1) is 4.90 Å². The molecule has 0 fully saturated rings. The van der Waals surface area contributed by atoms with Crippen LogP contribution >= 0.6 is 0 Å². The summed E-state index contributed by atoms with van der Waals surface area (Å²) in [4.78, 5) is 2.27. The number of nitrogens with zero attached hydrogens (tertiary/aromatic N) is 1. The van der Waals surface area contributed by atoms with Gasteiger partial charge in [0.2, 0.25) is 10.0 Å². The van der Waals surface area contributed by atoms with E-state index in [4.69, 9.17) is 0 Å². The van der Waals surface area contributed by atoms with Crippen LogP contribution in [0.25, 0.3) is 0 Å². The molecule has 0 aliphatic rings. The molecule has 1 aromatic rings. The Morgan fingerprint density at radius 2 is 1.90 bits per heavy atom. The minimum Gasteiger partial charge on any atom is -0.316 e. The van der Waals surface area contributed by atoms with Crippen LogP contribution in [0.1, 0.15) is 18.1 Å². The molecule has 0 saturated carbocycles. The molecule has 1 aromatic carbocycles. The smallest absolute Gasteiger partial charge is 0.240 e. The summed E-state index contributed by atoms with van der Waals surface area (Å²) in [6.45, 7) is 3.82. The Bertz CT molecular complexity index is 527. The number of likely N-dealkylation sites (N-methyl/N-ethyl adjacent to an activating group) is 1. The fourth-order valence-corrected chi connectivity index (χ4v) is 3.03. The van der Waals surface area contributed by atoms with Crippen LogP contribution in [0.2, 0.25) is 0 Å². The van der Waals surface area contributed by atoms with Crippen molar-refractivity contribution in [2.45, 2.75) is 24.8 Å². The predicted molar refractivity (Wildman–Crippen MR) is 82.3 cm³/mol. The van der Waals surface area contributed by atoms with Crippen molar-refractivity contribution in [1.29, 1.82) is 0 Å². The van der Waals surface area contributed by atoms with Crippen LogP contribution in [0.5, 0.6) is 0 Å². The minimum absolute atomic E-state index is 0.332. The number of hydrogen-bond donors (Lipinski definition) is 2. The molecule has 5 nitrogen and oxygen atoms in total. The van der Waals surface area contributed by atoms with Gasteiger partial charge in [-0.25, -0.2) is 13.1 Å². The van der Waals surface area contributed by atoms with E-state index in [1.54, 1.807) is 12.1 Å². The van der Waals surface area contributed by atoms with E-state index in [0.29, 0.717) is 24.5 Å². The molecule has 20 heavy (non-hydrogen) atoms. The maximum Gasteiger partial charge on any atom is 0.240 e. The number of sulfonamides is 1. The van der Waals surface area contributed by atoms with Crippen molar-refractivity contribution in [2.75, 3.05) is 34.2 Å². The Labute approximate surface area is 122 Å². The van der Waals surface area contributed by atoms with Crippen LogP contribution in [-0.2, 0) is 23.0 Å². The fraction of sp³-hybridized carbons (Fsp3) is 0.571. The zero-order valence-corrected chi connectivity index (χ0v) is 13.5. The van der Waals surface area contributed by atoms with Gasteiger partial charge < -0.3 is 10.2 Å². The van der Waals surface area contributed by atoms with Crippen molar-refractivity contribution in [3.05, 3.63) is 29.3 Å². The van der Waals surface area contributed by atoms with E-state index in [-0.39, 0.29) is 0 Å². The van der Waals surface area contributed by atoms with E-state index < -0.39 is 10.0 Å². The van der Waals surface area contributed by atoms with Crippen LogP contribution in [0.3, 0.4) is 0 Å².